The van der Waals surface area contributed by atoms with Gasteiger partial charge in [-0.2, -0.15) is 0 Å². The highest BCUT2D eigenvalue weighted by molar-refractivity contribution is 6.31. The van der Waals surface area contributed by atoms with Crippen LogP contribution in [-0.2, 0) is 0 Å². The van der Waals surface area contributed by atoms with Crippen LogP contribution >= 0.6 is 11.6 Å². The van der Waals surface area contributed by atoms with E-state index in [1.54, 1.807) is 11.1 Å². The Bertz CT molecular complexity index is 334. The Morgan fingerprint density at radius 2 is 2.27 bits per heavy atom. The average molecular weight is 232 g/mol. The Morgan fingerprint density at radius 1 is 1.60 bits per heavy atom. The minimum atomic E-state index is -0.504. The van der Waals surface area contributed by atoms with Crippen molar-refractivity contribution >= 4 is 11.6 Å². The first-order valence-electron chi connectivity index (χ1n) is 4.81. The number of rotatable bonds is 3. The van der Waals surface area contributed by atoms with Crippen LogP contribution in [0.5, 0.6) is 0 Å². The monoisotopic (exact) mass is 231 g/mol. The molecule has 4 N–H and O–H groups in total. The molecule has 15 heavy (non-hydrogen) atoms. The molecule has 1 heterocycles. The van der Waals surface area contributed by atoms with Crippen molar-refractivity contribution in [2.45, 2.75) is 13.3 Å². The minimum absolute atomic E-state index is 0.0637. The summed E-state index contributed by atoms with van der Waals surface area (Å²) in [4.78, 5) is 1.73. The van der Waals surface area contributed by atoms with E-state index in [4.69, 9.17) is 23.1 Å². The topological polar surface area (TPSA) is 55.3 Å². The molecular weight excluding hydrogens is 217 g/mol. The Morgan fingerprint density at radius 3 is 2.80 bits per heavy atom. The van der Waals surface area contributed by atoms with E-state index in [-0.39, 0.29) is 11.6 Å². The molecule has 0 spiro atoms. The van der Waals surface area contributed by atoms with Gasteiger partial charge in [0.1, 0.15) is 0 Å². The van der Waals surface area contributed by atoms with Gasteiger partial charge >= 0.3 is 0 Å². The second kappa shape index (κ2) is 5.19. The molecule has 1 aliphatic heterocycles. The summed E-state index contributed by atoms with van der Waals surface area (Å²) in [5.74, 6) is -0.504. The second-order valence-electron chi connectivity index (χ2n) is 3.25. The van der Waals surface area contributed by atoms with Crippen molar-refractivity contribution in [1.29, 1.82) is 0 Å². The summed E-state index contributed by atoms with van der Waals surface area (Å²) >= 11 is 5.69. The third kappa shape index (κ3) is 2.52. The van der Waals surface area contributed by atoms with Crippen molar-refractivity contribution in [3.8, 4) is 0 Å². The molecule has 3 nitrogen and oxygen atoms in total. The van der Waals surface area contributed by atoms with E-state index in [1.165, 1.54) is 6.08 Å². The molecule has 0 saturated heterocycles. The maximum absolute atomic E-state index is 13.7. The third-order valence-corrected chi connectivity index (χ3v) is 2.39. The highest BCUT2D eigenvalue weighted by Gasteiger charge is 2.21. The lowest BCUT2D eigenvalue weighted by Gasteiger charge is -2.26. The van der Waals surface area contributed by atoms with Gasteiger partial charge in [0.15, 0.2) is 5.83 Å². The molecule has 0 aromatic carbocycles. The van der Waals surface area contributed by atoms with Gasteiger partial charge in [-0.1, -0.05) is 18.5 Å². The maximum atomic E-state index is 13.7. The standard InChI is InChI=1S/C10H15ClFN3/c1-2-4-15-5-3-7(11)9(12)10(15)8(14)6-13/h3,5H,2,4,6,13-14H2,1H3/b10-8-. The number of allylic oxidation sites excluding steroid dienone is 3. The molecule has 0 saturated carbocycles. The summed E-state index contributed by atoms with van der Waals surface area (Å²) in [6.07, 6.45) is 4.11. The molecular formula is C10H15ClFN3. The Labute approximate surface area is 93.9 Å². The number of hydrogen-bond acceptors (Lipinski definition) is 3. The van der Waals surface area contributed by atoms with Crippen LogP contribution in [0, 0.1) is 0 Å². The lowest BCUT2D eigenvalue weighted by atomic mass is 10.2. The lowest BCUT2D eigenvalue weighted by Crippen LogP contribution is -2.27. The first-order chi connectivity index (χ1) is 7.11. The van der Waals surface area contributed by atoms with Crippen LogP contribution < -0.4 is 11.5 Å². The predicted molar refractivity (Wildman–Crippen MR) is 60.4 cm³/mol. The van der Waals surface area contributed by atoms with E-state index < -0.39 is 5.83 Å². The Kier molecular flexibility index (Phi) is 4.17. The van der Waals surface area contributed by atoms with Gasteiger partial charge in [-0.3, -0.25) is 0 Å². The highest BCUT2D eigenvalue weighted by atomic mass is 35.5. The highest BCUT2D eigenvalue weighted by Crippen LogP contribution is 2.29. The molecule has 1 rings (SSSR count). The van der Waals surface area contributed by atoms with Gasteiger partial charge in [0.25, 0.3) is 0 Å². The molecule has 0 fully saturated rings. The van der Waals surface area contributed by atoms with Gasteiger partial charge in [-0.15, -0.1) is 0 Å². The largest absolute Gasteiger partial charge is 0.399 e. The summed E-state index contributed by atoms with van der Waals surface area (Å²) < 4.78 is 13.7. The van der Waals surface area contributed by atoms with Gasteiger partial charge in [0.2, 0.25) is 0 Å². The van der Waals surface area contributed by atoms with Crippen LogP contribution in [0.3, 0.4) is 0 Å². The minimum Gasteiger partial charge on any atom is -0.399 e. The third-order valence-electron chi connectivity index (χ3n) is 2.09. The van der Waals surface area contributed by atoms with E-state index in [0.717, 1.165) is 6.42 Å². The fourth-order valence-corrected chi connectivity index (χ4v) is 1.54. The molecule has 0 radical (unpaired) electrons. The van der Waals surface area contributed by atoms with Crippen molar-refractivity contribution < 1.29 is 4.39 Å². The zero-order chi connectivity index (χ0) is 11.4. The van der Waals surface area contributed by atoms with Crippen molar-refractivity contribution in [3.63, 3.8) is 0 Å². The molecule has 0 aromatic rings. The Hall–Kier alpha value is -1.00. The number of nitrogens with zero attached hydrogens (tertiary/aromatic N) is 1. The van der Waals surface area contributed by atoms with Crippen LogP contribution in [0.2, 0.25) is 0 Å². The van der Waals surface area contributed by atoms with Gasteiger partial charge < -0.3 is 16.4 Å². The van der Waals surface area contributed by atoms with Crippen molar-refractivity contribution in [2.24, 2.45) is 11.5 Å². The zero-order valence-electron chi connectivity index (χ0n) is 8.63. The summed E-state index contributed by atoms with van der Waals surface area (Å²) in [6.45, 7) is 2.80. The van der Waals surface area contributed by atoms with Crippen LogP contribution in [-0.4, -0.2) is 18.0 Å². The van der Waals surface area contributed by atoms with E-state index >= 15 is 0 Å². The van der Waals surface area contributed by atoms with E-state index in [2.05, 4.69) is 0 Å². The lowest BCUT2D eigenvalue weighted by molar-refractivity contribution is 0.426. The molecule has 0 bridgehead atoms. The Balaban J connectivity index is 3.10. The fourth-order valence-electron chi connectivity index (χ4n) is 1.39. The zero-order valence-corrected chi connectivity index (χ0v) is 9.39. The van der Waals surface area contributed by atoms with Crippen LogP contribution in [0.15, 0.2) is 34.5 Å². The fraction of sp³-hybridized carbons (Fsp3) is 0.400. The van der Waals surface area contributed by atoms with Crippen molar-refractivity contribution in [3.05, 3.63) is 34.5 Å². The molecule has 0 aromatic heterocycles. The van der Waals surface area contributed by atoms with Gasteiger partial charge in [0, 0.05) is 25.0 Å². The number of halogens is 2. The molecule has 1 aliphatic rings. The molecule has 84 valence electrons. The summed E-state index contributed by atoms with van der Waals surface area (Å²) in [5, 5.41) is 0.0637. The van der Waals surface area contributed by atoms with Crippen LogP contribution in [0.4, 0.5) is 4.39 Å². The molecule has 0 amide bonds. The number of nitrogens with two attached hydrogens (primary N) is 2. The molecule has 0 unspecified atom stereocenters. The summed E-state index contributed by atoms with van der Waals surface area (Å²) in [6, 6.07) is 0. The quantitative estimate of drug-likeness (QED) is 0.779. The molecule has 5 heteroatoms. The maximum Gasteiger partial charge on any atom is 0.167 e. The first kappa shape index (κ1) is 12.1. The molecule has 0 aliphatic carbocycles. The second-order valence-corrected chi connectivity index (χ2v) is 3.66. The van der Waals surface area contributed by atoms with E-state index in [1.807, 2.05) is 6.92 Å². The first-order valence-corrected chi connectivity index (χ1v) is 5.18. The van der Waals surface area contributed by atoms with E-state index in [0.29, 0.717) is 17.9 Å². The van der Waals surface area contributed by atoms with Gasteiger partial charge in [0.05, 0.1) is 10.7 Å². The summed E-state index contributed by atoms with van der Waals surface area (Å²) in [7, 11) is 0. The van der Waals surface area contributed by atoms with Crippen LogP contribution in [0.1, 0.15) is 13.3 Å². The van der Waals surface area contributed by atoms with Crippen molar-refractivity contribution in [1.82, 2.24) is 4.90 Å². The predicted octanol–water partition coefficient (Wildman–Crippen LogP) is 1.77. The van der Waals surface area contributed by atoms with Gasteiger partial charge in [-0.05, 0) is 12.5 Å². The normalized spacial score (nSPS) is 19.9. The SMILES string of the molecule is CCCN1C=CC(Cl)=C(F)/C1=C(/N)CN. The number of hydrogen-bond donors (Lipinski definition) is 2. The molecule has 0 atom stereocenters. The van der Waals surface area contributed by atoms with Crippen molar-refractivity contribution in [2.75, 3.05) is 13.1 Å². The van der Waals surface area contributed by atoms with Crippen LogP contribution in [0.25, 0.3) is 0 Å². The van der Waals surface area contributed by atoms with Gasteiger partial charge in [-0.25, -0.2) is 4.39 Å². The average Bonchev–Trinajstić information content (AvgIpc) is 2.23. The summed E-state index contributed by atoms with van der Waals surface area (Å²) in [5.41, 5.74) is 11.7. The van der Waals surface area contributed by atoms with E-state index in [9.17, 15) is 4.39 Å². The smallest absolute Gasteiger partial charge is 0.167 e.